The van der Waals surface area contributed by atoms with Gasteiger partial charge in [-0.15, -0.1) is 0 Å². The van der Waals surface area contributed by atoms with Gasteiger partial charge in [-0.1, -0.05) is 33.1 Å². The molecule has 1 atom stereocenters. The molecule has 1 aromatic carbocycles. The number of carbonyl (C=O) groups is 1. The Balaban J connectivity index is 2.62. The van der Waals surface area contributed by atoms with Gasteiger partial charge in [0.2, 0.25) is 0 Å². The topological polar surface area (TPSA) is 61.5 Å². The first-order valence-electron chi connectivity index (χ1n) is 7.81. The number of hydrogen-bond acceptors (Lipinski definition) is 4. The molecule has 4 nitrogen and oxygen atoms in total. The standard InChI is InChI=1S/C17H27NO3/c1-4-7-8-13(5-2)12-21-17(19)14-9-15(18)11-16(10-14)20-6-3/h9-11,13H,4-8,12,18H2,1-3H3. The molecule has 4 heteroatoms. The summed E-state index contributed by atoms with van der Waals surface area (Å²) in [6.07, 6.45) is 4.45. The third-order valence-corrected chi connectivity index (χ3v) is 3.47. The third-order valence-electron chi connectivity index (χ3n) is 3.47. The van der Waals surface area contributed by atoms with Crippen LogP contribution >= 0.6 is 0 Å². The Labute approximate surface area is 127 Å². The third kappa shape index (κ3) is 6.06. The Morgan fingerprint density at radius 2 is 2.00 bits per heavy atom. The van der Waals surface area contributed by atoms with Crippen molar-refractivity contribution >= 4 is 11.7 Å². The van der Waals surface area contributed by atoms with Gasteiger partial charge in [0.25, 0.3) is 0 Å². The second kappa shape index (κ2) is 9.27. The summed E-state index contributed by atoms with van der Waals surface area (Å²) in [5.41, 5.74) is 6.74. The van der Waals surface area contributed by atoms with Crippen LogP contribution in [0.25, 0.3) is 0 Å². The van der Waals surface area contributed by atoms with Crippen LogP contribution in [0.5, 0.6) is 5.75 Å². The average molecular weight is 293 g/mol. The Morgan fingerprint density at radius 3 is 2.62 bits per heavy atom. The van der Waals surface area contributed by atoms with Crippen molar-refractivity contribution in [2.75, 3.05) is 18.9 Å². The van der Waals surface area contributed by atoms with Crippen LogP contribution in [0.4, 0.5) is 5.69 Å². The van der Waals surface area contributed by atoms with Crippen molar-refractivity contribution in [3.05, 3.63) is 23.8 Å². The van der Waals surface area contributed by atoms with Gasteiger partial charge in [-0.05, 0) is 31.4 Å². The molecule has 0 spiro atoms. The van der Waals surface area contributed by atoms with Gasteiger partial charge in [0.05, 0.1) is 18.8 Å². The van der Waals surface area contributed by atoms with E-state index in [9.17, 15) is 4.79 Å². The highest BCUT2D eigenvalue weighted by atomic mass is 16.5. The summed E-state index contributed by atoms with van der Waals surface area (Å²) in [4.78, 5) is 12.1. The predicted molar refractivity (Wildman–Crippen MR) is 85.6 cm³/mol. The smallest absolute Gasteiger partial charge is 0.338 e. The fourth-order valence-corrected chi connectivity index (χ4v) is 2.16. The van der Waals surface area contributed by atoms with Gasteiger partial charge in [0.15, 0.2) is 0 Å². The van der Waals surface area contributed by atoms with E-state index in [0.29, 0.717) is 36.1 Å². The number of anilines is 1. The summed E-state index contributed by atoms with van der Waals surface area (Å²) in [5.74, 6) is 0.696. The molecule has 0 bridgehead atoms. The molecule has 2 N–H and O–H groups in total. The van der Waals surface area contributed by atoms with Gasteiger partial charge < -0.3 is 15.2 Å². The number of unbranched alkanes of at least 4 members (excludes halogenated alkanes) is 1. The van der Waals surface area contributed by atoms with Crippen LogP contribution in [0.3, 0.4) is 0 Å². The van der Waals surface area contributed by atoms with Gasteiger partial charge in [-0.2, -0.15) is 0 Å². The lowest BCUT2D eigenvalue weighted by Crippen LogP contribution is -2.14. The minimum atomic E-state index is -0.335. The predicted octanol–water partition coefficient (Wildman–Crippen LogP) is 4.04. The quantitative estimate of drug-likeness (QED) is 0.551. The van der Waals surface area contributed by atoms with Gasteiger partial charge >= 0.3 is 5.97 Å². The van der Waals surface area contributed by atoms with E-state index in [2.05, 4.69) is 13.8 Å². The zero-order chi connectivity index (χ0) is 15.7. The summed E-state index contributed by atoms with van der Waals surface area (Å²) in [5, 5.41) is 0. The second-order valence-corrected chi connectivity index (χ2v) is 5.24. The van der Waals surface area contributed by atoms with Gasteiger partial charge in [0, 0.05) is 11.8 Å². The van der Waals surface area contributed by atoms with E-state index >= 15 is 0 Å². The molecule has 0 aliphatic carbocycles. The molecule has 0 aliphatic heterocycles. The van der Waals surface area contributed by atoms with Crippen LogP contribution < -0.4 is 10.5 Å². The number of esters is 1. The molecular weight excluding hydrogens is 266 g/mol. The molecule has 0 aromatic heterocycles. The fourth-order valence-electron chi connectivity index (χ4n) is 2.16. The Kier molecular flexibility index (Phi) is 7.65. The van der Waals surface area contributed by atoms with Crippen LogP contribution in [-0.4, -0.2) is 19.2 Å². The summed E-state index contributed by atoms with van der Waals surface area (Å²) in [6, 6.07) is 5.00. The lowest BCUT2D eigenvalue weighted by molar-refractivity contribution is 0.0428. The number of carbonyl (C=O) groups excluding carboxylic acids is 1. The van der Waals surface area contributed by atoms with Crippen LogP contribution in [0, 0.1) is 5.92 Å². The van der Waals surface area contributed by atoms with Crippen molar-refractivity contribution in [3.8, 4) is 5.75 Å². The maximum atomic E-state index is 12.1. The molecule has 0 aliphatic rings. The largest absolute Gasteiger partial charge is 0.494 e. The SMILES string of the molecule is CCCCC(CC)COC(=O)c1cc(N)cc(OCC)c1. The molecular formula is C17H27NO3. The Hall–Kier alpha value is -1.71. The average Bonchev–Trinajstić information content (AvgIpc) is 2.47. The Morgan fingerprint density at radius 1 is 1.24 bits per heavy atom. The summed E-state index contributed by atoms with van der Waals surface area (Å²) >= 11 is 0. The number of nitrogen functional groups attached to an aromatic ring is 1. The van der Waals surface area contributed by atoms with Crippen molar-refractivity contribution in [1.82, 2.24) is 0 Å². The highest BCUT2D eigenvalue weighted by molar-refractivity contribution is 5.91. The molecule has 0 radical (unpaired) electrons. The lowest BCUT2D eigenvalue weighted by Gasteiger charge is -2.15. The van der Waals surface area contributed by atoms with Crippen LogP contribution in [0.2, 0.25) is 0 Å². The van der Waals surface area contributed by atoms with E-state index < -0.39 is 0 Å². The van der Waals surface area contributed by atoms with Crippen molar-refractivity contribution < 1.29 is 14.3 Å². The number of ether oxygens (including phenoxy) is 2. The molecule has 0 heterocycles. The minimum absolute atomic E-state index is 0.335. The van der Waals surface area contributed by atoms with Crippen molar-refractivity contribution in [1.29, 1.82) is 0 Å². The van der Waals surface area contributed by atoms with Crippen molar-refractivity contribution in [3.63, 3.8) is 0 Å². The second-order valence-electron chi connectivity index (χ2n) is 5.24. The zero-order valence-corrected chi connectivity index (χ0v) is 13.4. The molecule has 118 valence electrons. The van der Waals surface area contributed by atoms with Crippen molar-refractivity contribution in [2.24, 2.45) is 5.92 Å². The molecule has 0 saturated heterocycles. The van der Waals surface area contributed by atoms with Crippen LogP contribution in [0.1, 0.15) is 56.8 Å². The molecule has 1 aromatic rings. The monoisotopic (exact) mass is 293 g/mol. The van der Waals surface area contributed by atoms with E-state index in [0.717, 1.165) is 19.3 Å². The van der Waals surface area contributed by atoms with Gasteiger partial charge in [0.1, 0.15) is 5.75 Å². The highest BCUT2D eigenvalue weighted by Gasteiger charge is 2.13. The number of nitrogens with two attached hydrogens (primary N) is 1. The van der Waals surface area contributed by atoms with E-state index in [1.165, 1.54) is 6.42 Å². The van der Waals surface area contributed by atoms with Crippen LogP contribution in [0.15, 0.2) is 18.2 Å². The van der Waals surface area contributed by atoms with E-state index in [-0.39, 0.29) is 5.97 Å². The molecule has 0 amide bonds. The number of benzene rings is 1. The molecule has 1 rings (SSSR count). The zero-order valence-electron chi connectivity index (χ0n) is 13.4. The highest BCUT2D eigenvalue weighted by Crippen LogP contribution is 2.20. The van der Waals surface area contributed by atoms with Gasteiger partial charge in [-0.3, -0.25) is 0 Å². The van der Waals surface area contributed by atoms with E-state index in [1.54, 1.807) is 18.2 Å². The maximum Gasteiger partial charge on any atom is 0.338 e. The number of rotatable bonds is 9. The molecule has 21 heavy (non-hydrogen) atoms. The normalized spacial score (nSPS) is 12.0. The fraction of sp³-hybridized carbons (Fsp3) is 0.588. The first-order chi connectivity index (χ1) is 10.1. The minimum Gasteiger partial charge on any atom is -0.494 e. The first-order valence-corrected chi connectivity index (χ1v) is 7.81. The van der Waals surface area contributed by atoms with Crippen LogP contribution in [-0.2, 0) is 4.74 Å². The van der Waals surface area contributed by atoms with E-state index in [4.69, 9.17) is 15.2 Å². The Bertz CT molecular complexity index is 446. The molecule has 0 saturated carbocycles. The van der Waals surface area contributed by atoms with Gasteiger partial charge in [-0.25, -0.2) is 4.79 Å². The lowest BCUT2D eigenvalue weighted by atomic mass is 10.0. The van der Waals surface area contributed by atoms with Crippen molar-refractivity contribution in [2.45, 2.75) is 46.5 Å². The maximum absolute atomic E-state index is 12.1. The number of hydrogen-bond donors (Lipinski definition) is 1. The summed E-state index contributed by atoms with van der Waals surface area (Å²) < 4.78 is 10.8. The van der Waals surface area contributed by atoms with E-state index in [1.807, 2.05) is 6.92 Å². The first kappa shape index (κ1) is 17.3. The molecule has 0 fully saturated rings. The molecule has 1 unspecified atom stereocenters. The summed E-state index contributed by atoms with van der Waals surface area (Å²) in [6.45, 7) is 7.18. The summed E-state index contributed by atoms with van der Waals surface area (Å²) in [7, 11) is 0.